The molecule has 3 aromatic rings. The number of benzene rings is 1. The van der Waals surface area contributed by atoms with Gasteiger partial charge < -0.3 is 9.67 Å². The van der Waals surface area contributed by atoms with Crippen molar-refractivity contribution >= 4 is 27.0 Å². The van der Waals surface area contributed by atoms with Gasteiger partial charge in [-0.05, 0) is 49.4 Å². The molecule has 0 unspecified atom stereocenters. The third-order valence-electron chi connectivity index (χ3n) is 5.38. The zero-order valence-corrected chi connectivity index (χ0v) is 19.7. The van der Waals surface area contributed by atoms with Crippen molar-refractivity contribution in [1.82, 2.24) is 18.8 Å². The van der Waals surface area contributed by atoms with Gasteiger partial charge in [-0.2, -0.15) is 4.31 Å². The van der Waals surface area contributed by atoms with Gasteiger partial charge in [-0.1, -0.05) is 32.9 Å². The summed E-state index contributed by atoms with van der Waals surface area (Å²) < 4.78 is 29.9. The number of hydrogen-bond acceptors (Lipinski definition) is 5. The summed E-state index contributed by atoms with van der Waals surface area (Å²) in [5.41, 5.74) is 2.69. The summed E-state index contributed by atoms with van der Waals surface area (Å²) in [5.74, 6) is -0.224. The largest absolute Gasteiger partial charge is 0.480 e. The third-order valence-corrected chi connectivity index (χ3v) is 7.31. The van der Waals surface area contributed by atoms with E-state index in [1.54, 1.807) is 36.7 Å². The molecule has 9 heteroatoms. The molecule has 32 heavy (non-hydrogen) atoms. The number of carbonyl (C=O) groups is 1. The van der Waals surface area contributed by atoms with Crippen LogP contribution in [-0.4, -0.2) is 50.9 Å². The highest BCUT2D eigenvalue weighted by molar-refractivity contribution is 7.89. The number of imidazole rings is 1. The first kappa shape index (κ1) is 23.9. The maximum absolute atomic E-state index is 13.3. The zero-order valence-electron chi connectivity index (χ0n) is 18.9. The molecule has 0 amide bonds. The van der Waals surface area contributed by atoms with E-state index < -0.39 is 22.0 Å². The lowest BCUT2D eigenvalue weighted by Crippen LogP contribution is -2.46. The number of aliphatic carboxylic acids is 1. The first-order valence-electron chi connectivity index (χ1n) is 10.8. The predicted molar refractivity (Wildman–Crippen MR) is 123 cm³/mol. The Kier molecular flexibility index (Phi) is 7.30. The molecule has 2 heterocycles. The van der Waals surface area contributed by atoms with E-state index in [0.29, 0.717) is 13.0 Å². The molecule has 3 rings (SSSR count). The topological polar surface area (TPSA) is 105 Å². The molecular weight excluding hydrogens is 428 g/mol. The van der Waals surface area contributed by atoms with Crippen LogP contribution in [0.1, 0.15) is 45.0 Å². The van der Waals surface area contributed by atoms with Crippen molar-refractivity contribution in [3.05, 3.63) is 54.1 Å². The van der Waals surface area contributed by atoms with Gasteiger partial charge in [-0.3, -0.25) is 9.78 Å². The van der Waals surface area contributed by atoms with Gasteiger partial charge in [0.05, 0.1) is 16.6 Å². The van der Waals surface area contributed by atoms with Crippen molar-refractivity contribution in [3.8, 4) is 0 Å². The summed E-state index contributed by atoms with van der Waals surface area (Å²) in [6.45, 7) is 8.23. The Morgan fingerprint density at radius 2 is 1.88 bits per heavy atom. The fourth-order valence-corrected chi connectivity index (χ4v) is 5.52. The quantitative estimate of drug-likeness (QED) is 0.497. The minimum absolute atomic E-state index is 0.0523. The summed E-state index contributed by atoms with van der Waals surface area (Å²) in [4.78, 5) is 20.6. The molecule has 0 spiro atoms. The van der Waals surface area contributed by atoms with Gasteiger partial charge in [0.15, 0.2) is 0 Å². The number of pyridine rings is 1. The van der Waals surface area contributed by atoms with Gasteiger partial charge in [0, 0.05) is 19.3 Å². The lowest BCUT2D eigenvalue weighted by Gasteiger charge is -2.29. The maximum Gasteiger partial charge on any atom is 0.322 e. The van der Waals surface area contributed by atoms with Crippen LogP contribution in [0, 0.1) is 12.8 Å². The summed E-state index contributed by atoms with van der Waals surface area (Å²) in [6, 6.07) is 7.45. The molecule has 1 N–H and O–H groups in total. The van der Waals surface area contributed by atoms with E-state index in [1.807, 2.05) is 38.3 Å². The van der Waals surface area contributed by atoms with Crippen LogP contribution in [-0.2, 0) is 21.4 Å². The SMILES string of the molecule is CCCN([C@@H](CC(C)C)C(=O)O)S(=O)(=O)c1ccc(Cn2c(C)nc3cnccc32)cc1. The highest BCUT2D eigenvalue weighted by Crippen LogP contribution is 2.24. The molecule has 1 atom stereocenters. The minimum Gasteiger partial charge on any atom is -0.480 e. The molecule has 0 saturated carbocycles. The number of hydrogen-bond donors (Lipinski definition) is 1. The third kappa shape index (κ3) is 4.99. The number of carboxylic acids is 1. The Bertz CT molecular complexity index is 1190. The van der Waals surface area contributed by atoms with Gasteiger partial charge in [0.1, 0.15) is 17.4 Å². The van der Waals surface area contributed by atoms with Crippen LogP contribution in [0.5, 0.6) is 0 Å². The second kappa shape index (κ2) is 9.79. The molecule has 2 aromatic heterocycles. The van der Waals surface area contributed by atoms with Crippen LogP contribution in [0.15, 0.2) is 47.6 Å². The molecule has 172 valence electrons. The Labute approximate surface area is 189 Å². The van der Waals surface area contributed by atoms with E-state index in [2.05, 4.69) is 9.97 Å². The number of aryl methyl sites for hydroxylation is 1. The second-order valence-corrected chi connectivity index (χ2v) is 10.2. The van der Waals surface area contributed by atoms with Gasteiger partial charge >= 0.3 is 5.97 Å². The lowest BCUT2D eigenvalue weighted by molar-refractivity contribution is -0.142. The van der Waals surface area contributed by atoms with Gasteiger partial charge in [-0.25, -0.2) is 13.4 Å². The fraction of sp³-hybridized carbons (Fsp3) is 0.435. The van der Waals surface area contributed by atoms with Crippen molar-refractivity contribution in [3.63, 3.8) is 0 Å². The Hall–Kier alpha value is -2.78. The standard InChI is InChI=1S/C23H30N4O4S/c1-5-12-27(22(23(28)29)13-16(2)3)32(30,31)19-8-6-18(7-9-19)15-26-17(4)25-20-14-24-11-10-21(20)26/h6-11,14,16,22H,5,12-13,15H2,1-4H3,(H,28,29)/t22-/m0/s1. The van der Waals surface area contributed by atoms with Gasteiger partial charge in [-0.15, -0.1) is 0 Å². The Morgan fingerprint density at radius 1 is 1.19 bits per heavy atom. The smallest absolute Gasteiger partial charge is 0.322 e. The highest BCUT2D eigenvalue weighted by Gasteiger charge is 2.35. The van der Waals surface area contributed by atoms with Crippen LogP contribution in [0.2, 0.25) is 0 Å². The molecule has 0 fully saturated rings. The van der Waals surface area contributed by atoms with E-state index in [4.69, 9.17) is 0 Å². The minimum atomic E-state index is -3.95. The molecule has 0 bridgehead atoms. The number of sulfonamides is 1. The number of carboxylic acid groups (broad SMARTS) is 1. The molecule has 0 aliphatic carbocycles. The van der Waals surface area contributed by atoms with E-state index >= 15 is 0 Å². The summed E-state index contributed by atoms with van der Waals surface area (Å²) in [7, 11) is -3.95. The van der Waals surface area contributed by atoms with Crippen molar-refractivity contribution in [2.75, 3.05) is 6.54 Å². The van der Waals surface area contributed by atoms with Crippen LogP contribution in [0.3, 0.4) is 0 Å². The summed E-state index contributed by atoms with van der Waals surface area (Å²) >= 11 is 0. The van der Waals surface area contributed by atoms with Crippen molar-refractivity contribution < 1.29 is 18.3 Å². The van der Waals surface area contributed by atoms with Crippen molar-refractivity contribution in [1.29, 1.82) is 0 Å². The monoisotopic (exact) mass is 458 g/mol. The summed E-state index contributed by atoms with van der Waals surface area (Å²) in [6.07, 6.45) is 4.22. The molecular formula is C23H30N4O4S. The van der Waals surface area contributed by atoms with E-state index in [-0.39, 0.29) is 23.8 Å². The maximum atomic E-state index is 13.3. The molecule has 8 nitrogen and oxygen atoms in total. The fourth-order valence-electron chi connectivity index (χ4n) is 3.84. The molecule has 0 radical (unpaired) electrons. The Balaban J connectivity index is 1.90. The normalized spacial score (nSPS) is 13.2. The highest BCUT2D eigenvalue weighted by atomic mass is 32.2. The average Bonchev–Trinajstić information content (AvgIpc) is 3.05. The second-order valence-electron chi connectivity index (χ2n) is 8.35. The zero-order chi connectivity index (χ0) is 23.5. The number of nitrogens with zero attached hydrogens (tertiary/aromatic N) is 4. The first-order valence-corrected chi connectivity index (χ1v) is 12.2. The number of fused-ring (bicyclic) bond motifs is 1. The van der Waals surface area contributed by atoms with Crippen molar-refractivity contribution in [2.24, 2.45) is 5.92 Å². The van der Waals surface area contributed by atoms with Gasteiger partial charge in [0.2, 0.25) is 10.0 Å². The Morgan fingerprint density at radius 3 is 2.47 bits per heavy atom. The molecule has 0 aliphatic heterocycles. The van der Waals surface area contributed by atoms with Crippen LogP contribution in [0.25, 0.3) is 11.0 Å². The molecule has 0 aliphatic rings. The number of aromatic nitrogens is 3. The summed E-state index contributed by atoms with van der Waals surface area (Å²) in [5, 5.41) is 9.71. The lowest BCUT2D eigenvalue weighted by atomic mass is 10.0. The first-order chi connectivity index (χ1) is 15.1. The van der Waals surface area contributed by atoms with E-state index in [0.717, 1.165) is 26.7 Å². The van der Waals surface area contributed by atoms with Crippen LogP contribution in [0.4, 0.5) is 0 Å². The van der Waals surface area contributed by atoms with E-state index in [1.165, 1.54) is 0 Å². The van der Waals surface area contributed by atoms with Gasteiger partial charge in [0.25, 0.3) is 0 Å². The molecule has 1 aromatic carbocycles. The average molecular weight is 459 g/mol. The number of rotatable bonds is 10. The van der Waals surface area contributed by atoms with Crippen molar-refractivity contribution in [2.45, 2.75) is 58.0 Å². The van der Waals surface area contributed by atoms with E-state index in [9.17, 15) is 18.3 Å². The van der Waals surface area contributed by atoms with Crippen LogP contribution >= 0.6 is 0 Å². The predicted octanol–water partition coefficient (Wildman–Crippen LogP) is 3.69. The van der Waals surface area contributed by atoms with Crippen LogP contribution < -0.4 is 0 Å². The molecule has 0 saturated heterocycles.